The Balaban J connectivity index is 1.86. The molecule has 276 valence electrons. The molecule has 4 aliphatic rings. The van der Waals surface area contributed by atoms with E-state index in [-0.39, 0.29) is 28.0 Å². The fraction of sp³-hybridized carbons (Fsp3) is 0.486. The van der Waals surface area contributed by atoms with Crippen LogP contribution in [0, 0.1) is 36.0 Å². The standard InChI is InChI=1S/C37H47N3O11/c1-15-11-10-12-16(2)36(47)40-28-27(39)26(38)23-24(32(28)45)31(44)20(6)34-25(23)35(46)37(8,51-34)49-14-13-22(48-9)17(3)33(50-21(7)41)19(5)30(43)18(4)29(15)42/h10-15,17-19,22,29-30,33,38,42-44H,39H2,1-9H3,(H,40,47)/b11-10-,14-13?,16-12-,38-26?/t15-,17+,18+,19+,22-,29-,30+,33+,37-/m0/s1. The van der Waals surface area contributed by atoms with Crippen LogP contribution in [0.1, 0.15) is 80.3 Å². The molecule has 3 aliphatic heterocycles. The molecule has 0 spiro atoms. The molecule has 1 amide bonds. The number of carbonyl (C=O) groups excluding carboxylic acids is 4. The van der Waals surface area contributed by atoms with Crippen molar-refractivity contribution >= 4 is 29.2 Å². The van der Waals surface area contributed by atoms with Gasteiger partial charge in [-0.15, -0.1) is 0 Å². The van der Waals surface area contributed by atoms with E-state index in [0.29, 0.717) is 0 Å². The van der Waals surface area contributed by atoms with Gasteiger partial charge in [-0.2, -0.15) is 0 Å². The molecule has 7 N–H and O–H groups in total. The van der Waals surface area contributed by atoms with Crippen LogP contribution in [0.2, 0.25) is 0 Å². The number of benzene rings is 1. The number of nitrogens with two attached hydrogens (primary N) is 1. The molecule has 14 nitrogen and oxygen atoms in total. The summed E-state index contributed by atoms with van der Waals surface area (Å²) in [5.74, 6) is -8.13. The highest BCUT2D eigenvalue weighted by Crippen LogP contribution is 2.48. The zero-order valence-corrected chi connectivity index (χ0v) is 30.2. The SMILES string of the molecule is CO[C@H]1C=CO[C@@]2(C)Oc3c(C)c(O)c4c(c3C2=O)C(=N)C(N)=C(NC(=O)/C(C)=C\C=C/[C@H](C)[C@H](O)[C@@H](C)[C@@H](O)[C@@H](C)[C@H](OC(C)=O)[C@@H]1C)C4=O. The Bertz CT molecular complexity index is 1780. The lowest BCUT2D eigenvalue weighted by molar-refractivity contribution is -0.160. The van der Waals surface area contributed by atoms with Gasteiger partial charge in [-0.05, 0) is 19.9 Å². The van der Waals surface area contributed by atoms with Crippen molar-refractivity contribution in [1.29, 1.82) is 5.41 Å². The minimum Gasteiger partial charge on any atom is -0.507 e. The number of aromatic hydroxyl groups is 1. The fourth-order valence-corrected chi connectivity index (χ4v) is 6.75. The highest BCUT2D eigenvalue weighted by atomic mass is 16.7. The molecule has 1 aromatic rings. The number of aliphatic hydroxyl groups excluding tert-OH is 2. The quantitative estimate of drug-likeness (QED) is 0.244. The predicted molar refractivity (Wildman–Crippen MR) is 185 cm³/mol. The summed E-state index contributed by atoms with van der Waals surface area (Å²) >= 11 is 0. The van der Waals surface area contributed by atoms with E-state index in [9.17, 15) is 34.5 Å². The first-order valence-electron chi connectivity index (χ1n) is 16.6. The Morgan fingerprint density at radius 3 is 2.25 bits per heavy atom. The van der Waals surface area contributed by atoms with Crippen LogP contribution in [0.4, 0.5) is 0 Å². The number of carbonyl (C=O) groups is 4. The smallest absolute Gasteiger partial charge is 0.312 e. The van der Waals surface area contributed by atoms with Gasteiger partial charge in [0, 0.05) is 61.3 Å². The van der Waals surface area contributed by atoms with Crippen LogP contribution in [-0.4, -0.2) is 81.8 Å². The van der Waals surface area contributed by atoms with Crippen molar-refractivity contribution in [1.82, 2.24) is 5.32 Å². The lowest BCUT2D eigenvalue weighted by atomic mass is 9.78. The Morgan fingerprint density at radius 1 is 1.00 bits per heavy atom. The number of fused-ring (bicyclic) bond motifs is 14. The molecule has 14 heteroatoms. The van der Waals surface area contributed by atoms with Crippen LogP contribution in [0.5, 0.6) is 11.5 Å². The molecule has 1 aromatic carbocycles. The summed E-state index contributed by atoms with van der Waals surface area (Å²) in [7, 11) is 1.42. The molecule has 0 radical (unpaired) electrons. The van der Waals surface area contributed by atoms with Gasteiger partial charge in [0.05, 0.1) is 47.1 Å². The number of phenolic OH excluding ortho intramolecular Hbond substituents is 1. The largest absolute Gasteiger partial charge is 0.507 e. The highest BCUT2D eigenvalue weighted by molar-refractivity contribution is 6.33. The third-order valence-electron chi connectivity index (χ3n) is 10.0. The van der Waals surface area contributed by atoms with Crippen LogP contribution < -0.4 is 15.8 Å². The number of rotatable bonds is 2. The number of aliphatic hydroxyl groups is 2. The Kier molecular flexibility index (Phi) is 11.3. The number of phenols is 1. The van der Waals surface area contributed by atoms with Gasteiger partial charge in [0.15, 0.2) is 0 Å². The molecular formula is C37H47N3O11. The van der Waals surface area contributed by atoms with E-state index < -0.39 is 106 Å². The highest BCUT2D eigenvalue weighted by Gasteiger charge is 2.52. The minimum absolute atomic E-state index is 0.0260. The van der Waals surface area contributed by atoms with Gasteiger partial charge in [-0.3, -0.25) is 24.6 Å². The van der Waals surface area contributed by atoms with Crippen molar-refractivity contribution in [3.8, 4) is 11.5 Å². The van der Waals surface area contributed by atoms with Crippen molar-refractivity contribution in [3.63, 3.8) is 0 Å². The van der Waals surface area contributed by atoms with Gasteiger partial charge < -0.3 is 45.3 Å². The number of Topliss-reactive ketones (excluding diaryl/α,β-unsaturated/α-hetero) is 2. The second-order valence-corrected chi connectivity index (χ2v) is 13.6. The molecule has 0 aromatic heterocycles. The lowest BCUT2D eigenvalue weighted by Crippen LogP contribution is -2.46. The molecule has 5 bridgehead atoms. The third-order valence-corrected chi connectivity index (χ3v) is 10.0. The average molecular weight is 710 g/mol. The molecule has 51 heavy (non-hydrogen) atoms. The zero-order valence-electron chi connectivity index (χ0n) is 30.2. The van der Waals surface area contributed by atoms with Crippen LogP contribution in [0.15, 0.2) is 47.5 Å². The predicted octanol–water partition coefficient (Wildman–Crippen LogP) is 3.10. The number of esters is 1. The van der Waals surface area contributed by atoms with E-state index in [4.69, 9.17) is 30.1 Å². The van der Waals surface area contributed by atoms with Gasteiger partial charge >= 0.3 is 11.8 Å². The van der Waals surface area contributed by atoms with Gasteiger partial charge in [0.25, 0.3) is 11.7 Å². The molecule has 9 atom stereocenters. The maximum Gasteiger partial charge on any atom is 0.312 e. The second-order valence-electron chi connectivity index (χ2n) is 13.6. The Morgan fingerprint density at radius 2 is 1.65 bits per heavy atom. The Hall–Kier alpha value is -4.79. The zero-order chi connectivity index (χ0) is 38.3. The topological polar surface area (TPSA) is 228 Å². The van der Waals surface area contributed by atoms with Crippen molar-refractivity contribution < 1.29 is 53.4 Å². The number of hydrogen-bond donors (Lipinski definition) is 6. The average Bonchev–Trinajstić information content (AvgIpc) is 3.35. The van der Waals surface area contributed by atoms with E-state index in [2.05, 4.69) is 5.32 Å². The van der Waals surface area contributed by atoms with E-state index in [1.807, 2.05) is 0 Å². The number of allylic oxidation sites excluding steroid dienone is 4. The first-order valence-corrected chi connectivity index (χ1v) is 16.6. The maximum atomic E-state index is 14.0. The summed E-state index contributed by atoms with van der Waals surface area (Å²) in [6.45, 7) is 12.3. The Labute approximate surface area is 296 Å². The summed E-state index contributed by atoms with van der Waals surface area (Å²) in [5, 5.41) is 45.1. The summed E-state index contributed by atoms with van der Waals surface area (Å²) in [6, 6.07) is 0. The lowest BCUT2D eigenvalue weighted by Gasteiger charge is -2.38. The molecule has 0 unspecified atom stereocenters. The van der Waals surface area contributed by atoms with Crippen LogP contribution in [0.3, 0.4) is 0 Å². The van der Waals surface area contributed by atoms with E-state index in [0.717, 1.165) is 0 Å². The number of nitrogens with one attached hydrogen (secondary N) is 2. The number of ketones is 2. The van der Waals surface area contributed by atoms with E-state index in [1.54, 1.807) is 39.8 Å². The van der Waals surface area contributed by atoms with E-state index >= 15 is 0 Å². The summed E-state index contributed by atoms with van der Waals surface area (Å²) in [5.41, 5.74) is 4.18. The van der Waals surface area contributed by atoms with Gasteiger partial charge in [-0.25, -0.2) is 0 Å². The molecule has 0 saturated carbocycles. The molecule has 0 saturated heterocycles. The third kappa shape index (κ3) is 7.08. The fourth-order valence-electron chi connectivity index (χ4n) is 6.75. The van der Waals surface area contributed by atoms with Crippen LogP contribution in [-0.2, 0) is 23.8 Å². The molecular weight excluding hydrogens is 662 g/mol. The number of hydrogen-bond acceptors (Lipinski definition) is 13. The monoisotopic (exact) mass is 709 g/mol. The molecule has 0 fully saturated rings. The van der Waals surface area contributed by atoms with Crippen LogP contribution >= 0.6 is 0 Å². The molecule has 5 rings (SSSR count). The first-order chi connectivity index (χ1) is 23.8. The number of amides is 1. The van der Waals surface area contributed by atoms with Crippen molar-refractivity contribution in [2.75, 3.05) is 7.11 Å². The van der Waals surface area contributed by atoms with E-state index in [1.165, 1.54) is 53.2 Å². The van der Waals surface area contributed by atoms with Crippen molar-refractivity contribution in [2.24, 2.45) is 29.4 Å². The van der Waals surface area contributed by atoms with Crippen LogP contribution in [0.25, 0.3) is 0 Å². The van der Waals surface area contributed by atoms with Gasteiger partial charge in [-0.1, -0.05) is 45.9 Å². The van der Waals surface area contributed by atoms with Crippen molar-refractivity contribution in [2.45, 2.75) is 85.6 Å². The summed E-state index contributed by atoms with van der Waals surface area (Å²) in [4.78, 5) is 53.2. The summed E-state index contributed by atoms with van der Waals surface area (Å²) < 4.78 is 23.2. The minimum atomic E-state index is -2.02. The summed E-state index contributed by atoms with van der Waals surface area (Å²) in [6.07, 6.45) is 3.44. The molecule has 3 heterocycles. The first kappa shape index (κ1) is 39.0. The second kappa shape index (κ2) is 14.8. The van der Waals surface area contributed by atoms with Gasteiger partial charge in [0.2, 0.25) is 5.78 Å². The molecule has 1 aliphatic carbocycles. The maximum absolute atomic E-state index is 14.0. The number of ether oxygens (including phenoxy) is 4. The normalized spacial score (nSPS) is 33.6. The van der Waals surface area contributed by atoms with Gasteiger partial charge in [0.1, 0.15) is 23.3 Å². The van der Waals surface area contributed by atoms with Crippen molar-refractivity contribution in [3.05, 3.63) is 69.8 Å². The number of methoxy groups -OCH3 is 1.